The molecule has 2 atom stereocenters. The summed E-state index contributed by atoms with van der Waals surface area (Å²) in [6.07, 6.45) is 3.93. The number of nitrogens with two attached hydrogens (primary N) is 1. The van der Waals surface area contributed by atoms with Gasteiger partial charge in [-0.25, -0.2) is 0 Å². The van der Waals surface area contributed by atoms with Gasteiger partial charge in [-0.15, -0.1) is 0 Å². The summed E-state index contributed by atoms with van der Waals surface area (Å²) in [5.74, 6) is 1.04. The van der Waals surface area contributed by atoms with E-state index in [9.17, 15) is 0 Å². The molecule has 2 aromatic rings. The Morgan fingerprint density at radius 3 is 3.11 bits per heavy atom. The highest BCUT2D eigenvalue weighted by Gasteiger charge is 2.23. The van der Waals surface area contributed by atoms with Gasteiger partial charge in [-0.2, -0.15) is 15.1 Å². The lowest BCUT2D eigenvalue weighted by molar-refractivity contribution is 0.190. The van der Waals surface area contributed by atoms with E-state index in [-0.39, 0.29) is 5.95 Å². The first kappa shape index (κ1) is 12.2. The number of nitrogen functional groups attached to an aromatic ring is 1. The number of nitrogens with zero attached hydrogens (tertiary/aromatic N) is 4. The van der Waals surface area contributed by atoms with Crippen LogP contribution in [0, 0.1) is 0 Å². The first-order chi connectivity index (χ1) is 9.13. The summed E-state index contributed by atoms with van der Waals surface area (Å²) in [4.78, 5) is 10.8. The number of H-pyrrole nitrogens is 1. The van der Waals surface area contributed by atoms with Crippen molar-refractivity contribution in [3.8, 4) is 0 Å². The van der Waals surface area contributed by atoms with Crippen molar-refractivity contribution in [3.63, 3.8) is 0 Å². The van der Waals surface area contributed by atoms with Crippen molar-refractivity contribution in [3.05, 3.63) is 6.20 Å². The molecular weight excluding hydrogens is 242 g/mol. The van der Waals surface area contributed by atoms with Gasteiger partial charge in [0.05, 0.1) is 11.6 Å². The van der Waals surface area contributed by atoms with Gasteiger partial charge in [0, 0.05) is 18.6 Å². The topological polar surface area (TPSA) is 95.8 Å². The fraction of sp³-hybridized carbons (Fsp3) is 0.583. The number of hydrogen-bond donors (Lipinski definition) is 3. The number of fused-ring (bicyclic) bond motifs is 1. The average molecular weight is 261 g/mol. The maximum Gasteiger partial charge on any atom is 0.224 e. The Morgan fingerprint density at radius 2 is 2.32 bits per heavy atom. The average Bonchev–Trinajstić information content (AvgIpc) is 2.82. The van der Waals surface area contributed by atoms with E-state index in [2.05, 4.69) is 44.4 Å². The molecule has 2 aromatic heterocycles. The van der Waals surface area contributed by atoms with E-state index in [4.69, 9.17) is 5.73 Å². The number of anilines is 2. The van der Waals surface area contributed by atoms with Crippen LogP contribution in [0.1, 0.15) is 19.8 Å². The van der Waals surface area contributed by atoms with Crippen LogP contribution in [0.25, 0.3) is 11.0 Å². The van der Waals surface area contributed by atoms with Gasteiger partial charge in [-0.3, -0.25) is 5.10 Å². The highest BCUT2D eigenvalue weighted by molar-refractivity contribution is 5.86. The lowest BCUT2D eigenvalue weighted by Gasteiger charge is -2.35. The van der Waals surface area contributed by atoms with Crippen LogP contribution < -0.4 is 11.1 Å². The molecule has 0 amide bonds. The van der Waals surface area contributed by atoms with Crippen molar-refractivity contribution in [1.29, 1.82) is 0 Å². The summed E-state index contributed by atoms with van der Waals surface area (Å²) in [7, 11) is 2.16. The van der Waals surface area contributed by atoms with Gasteiger partial charge in [-0.1, -0.05) is 0 Å². The van der Waals surface area contributed by atoms with Crippen molar-refractivity contribution in [2.45, 2.75) is 31.8 Å². The third-order valence-corrected chi connectivity index (χ3v) is 3.88. The largest absolute Gasteiger partial charge is 0.368 e. The summed E-state index contributed by atoms with van der Waals surface area (Å²) in [6, 6.07) is 0.990. The Kier molecular flexibility index (Phi) is 2.98. The smallest absolute Gasteiger partial charge is 0.224 e. The number of hydrogen-bond acceptors (Lipinski definition) is 6. The fourth-order valence-corrected chi connectivity index (χ4v) is 2.58. The van der Waals surface area contributed by atoms with Crippen LogP contribution in [0.15, 0.2) is 6.20 Å². The SMILES string of the molecule is CC1CC(Nc2nc(N)nc3[nH]ncc23)CCN1C. The molecule has 3 rings (SSSR count). The monoisotopic (exact) mass is 261 g/mol. The van der Waals surface area contributed by atoms with Crippen molar-refractivity contribution >= 4 is 22.8 Å². The van der Waals surface area contributed by atoms with E-state index >= 15 is 0 Å². The van der Waals surface area contributed by atoms with E-state index in [1.807, 2.05) is 0 Å². The van der Waals surface area contributed by atoms with Crippen molar-refractivity contribution in [1.82, 2.24) is 25.1 Å². The Balaban J connectivity index is 1.83. The van der Waals surface area contributed by atoms with Gasteiger partial charge in [0.25, 0.3) is 0 Å². The molecule has 0 saturated carbocycles. The fourth-order valence-electron chi connectivity index (χ4n) is 2.58. The van der Waals surface area contributed by atoms with E-state index in [0.29, 0.717) is 17.7 Å². The van der Waals surface area contributed by atoms with E-state index < -0.39 is 0 Å². The minimum absolute atomic E-state index is 0.264. The lowest BCUT2D eigenvalue weighted by atomic mass is 9.99. The van der Waals surface area contributed by atoms with Crippen LogP contribution in [0.4, 0.5) is 11.8 Å². The number of likely N-dealkylation sites (tertiary alicyclic amines) is 1. The Morgan fingerprint density at radius 1 is 1.47 bits per heavy atom. The Hall–Kier alpha value is -1.89. The first-order valence-corrected chi connectivity index (χ1v) is 6.57. The Bertz CT molecular complexity index is 578. The second kappa shape index (κ2) is 4.65. The quantitative estimate of drug-likeness (QED) is 0.741. The predicted octanol–water partition coefficient (Wildman–Crippen LogP) is 0.830. The van der Waals surface area contributed by atoms with Gasteiger partial charge in [-0.05, 0) is 26.8 Å². The molecule has 3 heterocycles. The molecule has 1 aliphatic heterocycles. The molecule has 7 heteroatoms. The molecular formula is C12H19N7. The maximum absolute atomic E-state index is 5.72. The minimum atomic E-state index is 0.264. The van der Waals surface area contributed by atoms with Gasteiger partial charge < -0.3 is 16.0 Å². The summed E-state index contributed by atoms with van der Waals surface area (Å²) >= 11 is 0. The zero-order valence-electron chi connectivity index (χ0n) is 11.2. The van der Waals surface area contributed by atoms with E-state index in [0.717, 1.165) is 30.6 Å². The second-order valence-electron chi connectivity index (χ2n) is 5.26. The zero-order chi connectivity index (χ0) is 13.4. The highest BCUT2D eigenvalue weighted by atomic mass is 15.2. The highest BCUT2D eigenvalue weighted by Crippen LogP contribution is 2.23. The molecule has 0 radical (unpaired) electrons. The van der Waals surface area contributed by atoms with Gasteiger partial charge in [0.2, 0.25) is 5.95 Å². The summed E-state index contributed by atoms with van der Waals surface area (Å²) in [5, 5.41) is 11.2. The third-order valence-electron chi connectivity index (χ3n) is 3.88. The van der Waals surface area contributed by atoms with Gasteiger partial charge in [0.1, 0.15) is 5.82 Å². The standard InChI is InChI=1S/C12H19N7/c1-7-5-8(3-4-19(7)2)15-10-9-6-14-18-11(9)17-12(13)16-10/h6-8H,3-5H2,1-2H3,(H4,13,14,15,16,17,18). The lowest BCUT2D eigenvalue weighted by Crippen LogP contribution is -2.42. The van der Waals surface area contributed by atoms with Gasteiger partial charge >= 0.3 is 0 Å². The van der Waals surface area contributed by atoms with Crippen molar-refractivity contribution in [2.75, 3.05) is 24.6 Å². The van der Waals surface area contributed by atoms with E-state index in [1.54, 1.807) is 6.20 Å². The number of aromatic nitrogens is 4. The summed E-state index contributed by atoms with van der Waals surface area (Å²) in [6.45, 7) is 3.34. The second-order valence-corrected chi connectivity index (χ2v) is 5.26. The number of nitrogens with one attached hydrogen (secondary N) is 2. The molecule has 2 unspecified atom stereocenters. The third kappa shape index (κ3) is 2.33. The maximum atomic E-state index is 5.72. The molecule has 0 aromatic carbocycles. The normalized spacial score (nSPS) is 24.7. The minimum Gasteiger partial charge on any atom is -0.368 e. The molecule has 0 bridgehead atoms. The summed E-state index contributed by atoms with van der Waals surface area (Å²) in [5.41, 5.74) is 6.40. The van der Waals surface area contributed by atoms with E-state index in [1.165, 1.54) is 0 Å². The molecule has 1 aliphatic rings. The summed E-state index contributed by atoms with van der Waals surface area (Å²) < 4.78 is 0. The molecule has 7 nitrogen and oxygen atoms in total. The molecule has 0 aliphatic carbocycles. The first-order valence-electron chi connectivity index (χ1n) is 6.57. The van der Waals surface area contributed by atoms with Crippen LogP contribution in [-0.2, 0) is 0 Å². The molecule has 1 fully saturated rings. The molecule has 1 saturated heterocycles. The molecule has 0 spiro atoms. The zero-order valence-corrected chi connectivity index (χ0v) is 11.2. The molecule has 102 valence electrons. The number of rotatable bonds is 2. The van der Waals surface area contributed by atoms with Crippen LogP contribution in [0.3, 0.4) is 0 Å². The predicted molar refractivity (Wildman–Crippen MR) is 74.8 cm³/mol. The van der Waals surface area contributed by atoms with Crippen LogP contribution >= 0.6 is 0 Å². The van der Waals surface area contributed by atoms with Crippen molar-refractivity contribution in [2.24, 2.45) is 0 Å². The van der Waals surface area contributed by atoms with Crippen LogP contribution in [0.2, 0.25) is 0 Å². The van der Waals surface area contributed by atoms with Crippen LogP contribution in [0.5, 0.6) is 0 Å². The number of piperidine rings is 1. The molecule has 19 heavy (non-hydrogen) atoms. The number of aromatic amines is 1. The van der Waals surface area contributed by atoms with Crippen LogP contribution in [-0.4, -0.2) is 50.7 Å². The Labute approximate surface area is 111 Å². The van der Waals surface area contributed by atoms with Gasteiger partial charge in [0.15, 0.2) is 5.65 Å². The van der Waals surface area contributed by atoms with Crippen molar-refractivity contribution < 1.29 is 0 Å². The molecule has 4 N–H and O–H groups in total.